The van der Waals surface area contributed by atoms with Gasteiger partial charge in [0.05, 0.1) is 6.04 Å². The van der Waals surface area contributed by atoms with E-state index in [1.165, 1.54) is 11.1 Å². The van der Waals surface area contributed by atoms with Gasteiger partial charge in [0.2, 0.25) is 5.91 Å². The molecule has 27 heavy (non-hydrogen) atoms. The van der Waals surface area contributed by atoms with Crippen molar-refractivity contribution in [2.75, 3.05) is 6.54 Å². The lowest BCUT2D eigenvalue weighted by molar-refractivity contribution is -0.129. The van der Waals surface area contributed by atoms with Crippen LogP contribution in [0.15, 0.2) is 53.1 Å². The van der Waals surface area contributed by atoms with Gasteiger partial charge in [0.25, 0.3) is 5.89 Å². The molecule has 1 aromatic heterocycles. The average Bonchev–Trinajstić information content (AvgIpc) is 3.31. The highest BCUT2D eigenvalue weighted by Gasteiger charge is 2.36. The molecule has 0 bridgehead atoms. The first-order chi connectivity index (χ1) is 13.0. The maximum Gasteiger partial charge on any atom is 0.257 e. The Morgan fingerprint density at radius 3 is 2.63 bits per heavy atom. The van der Waals surface area contributed by atoms with Gasteiger partial charge in [-0.25, -0.2) is 0 Å². The third-order valence-electron chi connectivity index (χ3n) is 5.47. The Bertz CT molecular complexity index is 965. The van der Waals surface area contributed by atoms with Gasteiger partial charge >= 0.3 is 0 Å². The molecule has 5 heteroatoms. The molecule has 1 fully saturated rings. The molecule has 0 spiro atoms. The first kappa shape index (κ1) is 17.5. The van der Waals surface area contributed by atoms with Crippen LogP contribution in [0.25, 0.3) is 11.5 Å². The lowest BCUT2D eigenvalue weighted by Crippen LogP contribution is -2.28. The molecule has 2 heterocycles. The SMILES string of the molecule is Cc1ccc(-c2nc(C3CC(=O)N(C(C)c4ccccc4)C3)no2)cc1C. The lowest BCUT2D eigenvalue weighted by Gasteiger charge is -2.25. The molecule has 1 saturated heterocycles. The van der Waals surface area contributed by atoms with Crippen molar-refractivity contribution in [1.82, 2.24) is 15.0 Å². The van der Waals surface area contributed by atoms with Gasteiger partial charge in [-0.15, -0.1) is 0 Å². The fourth-order valence-corrected chi connectivity index (χ4v) is 3.58. The fraction of sp³-hybridized carbons (Fsp3) is 0.318. The maximum absolute atomic E-state index is 12.6. The van der Waals surface area contributed by atoms with Crippen LogP contribution in [0.3, 0.4) is 0 Å². The Morgan fingerprint density at radius 2 is 1.89 bits per heavy atom. The minimum atomic E-state index is -0.0345. The minimum absolute atomic E-state index is 0.0345. The molecule has 1 aliphatic rings. The lowest BCUT2D eigenvalue weighted by atomic mass is 10.1. The maximum atomic E-state index is 12.6. The molecule has 4 rings (SSSR count). The van der Waals surface area contributed by atoms with E-state index < -0.39 is 0 Å². The number of carbonyl (C=O) groups excluding carboxylic acids is 1. The topological polar surface area (TPSA) is 59.2 Å². The number of aryl methyl sites for hydroxylation is 2. The van der Waals surface area contributed by atoms with Crippen LogP contribution in [0, 0.1) is 13.8 Å². The van der Waals surface area contributed by atoms with E-state index in [9.17, 15) is 4.79 Å². The summed E-state index contributed by atoms with van der Waals surface area (Å²) in [4.78, 5) is 19.1. The second kappa shape index (κ2) is 6.99. The summed E-state index contributed by atoms with van der Waals surface area (Å²) in [6.07, 6.45) is 0.420. The van der Waals surface area contributed by atoms with Crippen molar-refractivity contribution in [3.05, 3.63) is 71.0 Å². The Balaban J connectivity index is 1.53. The summed E-state index contributed by atoms with van der Waals surface area (Å²) in [6, 6.07) is 16.2. The number of nitrogens with zero attached hydrogens (tertiary/aromatic N) is 3. The summed E-state index contributed by atoms with van der Waals surface area (Å²) >= 11 is 0. The van der Waals surface area contributed by atoms with Crippen molar-refractivity contribution in [2.45, 2.75) is 39.2 Å². The van der Waals surface area contributed by atoms with Gasteiger partial charge in [-0.2, -0.15) is 4.98 Å². The first-order valence-electron chi connectivity index (χ1n) is 9.28. The number of benzene rings is 2. The first-order valence-corrected chi connectivity index (χ1v) is 9.28. The van der Waals surface area contributed by atoms with Crippen LogP contribution in [0.1, 0.15) is 47.8 Å². The molecule has 1 aliphatic heterocycles. The smallest absolute Gasteiger partial charge is 0.257 e. The van der Waals surface area contributed by atoms with Crippen LogP contribution in [0.5, 0.6) is 0 Å². The number of hydrogen-bond acceptors (Lipinski definition) is 4. The number of amides is 1. The Kier molecular flexibility index (Phi) is 4.52. The van der Waals surface area contributed by atoms with E-state index in [-0.39, 0.29) is 17.9 Å². The molecule has 2 aromatic carbocycles. The zero-order valence-electron chi connectivity index (χ0n) is 15.8. The quantitative estimate of drug-likeness (QED) is 0.690. The third-order valence-corrected chi connectivity index (χ3v) is 5.47. The van der Waals surface area contributed by atoms with Crippen LogP contribution in [0.2, 0.25) is 0 Å². The molecule has 3 aromatic rings. The molecule has 2 unspecified atom stereocenters. The summed E-state index contributed by atoms with van der Waals surface area (Å²) in [5.41, 5.74) is 4.46. The number of hydrogen-bond donors (Lipinski definition) is 0. The van der Waals surface area contributed by atoms with E-state index in [1.807, 2.05) is 29.2 Å². The van der Waals surface area contributed by atoms with Crippen LogP contribution >= 0.6 is 0 Å². The van der Waals surface area contributed by atoms with Gasteiger partial charge in [0.15, 0.2) is 5.82 Å². The van der Waals surface area contributed by atoms with E-state index in [1.54, 1.807) is 0 Å². The van der Waals surface area contributed by atoms with Crippen molar-refractivity contribution >= 4 is 5.91 Å². The Labute approximate surface area is 159 Å². The van der Waals surface area contributed by atoms with E-state index in [0.29, 0.717) is 24.7 Å². The average molecular weight is 361 g/mol. The highest BCUT2D eigenvalue weighted by molar-refractivity contribution is 5.80. The molecule has 0 N–H and O–H groups in total. The van der Waals surface area contributed by atoms with Crippen LogP contribution in [-0.2, 0) is 4.79 Å². The standard InChI is InChI=1S/C22H23N3O2/c1-14-9-10-18(11-15(14)2)22-23-21(24-27-22)19-12-20(26)25(13-19)16(3)17-7-5-4-6-8-17/h4-11,16,19H,12-13H2,1-3H3. The van der Waals surface area contributed by atoms with E-state index in [2.05, 4.69) is 55.2 Å². The highest BCUT2D eigenvalue weighted by Crippen LogP contribution is 2.33. The molecule has 1 amide bonds. The second-order valence-electron chi connectivity index (χ2n) is 7.29. The van der Waals surface area contributed by atoms with E-state index in [0.717, 1.165) is 11.1 Å². The minimum Gasteiger partial charge on any atom is -0.335 e. The molecule has 138 valence electrons. The number of carbonyl (C=O) groups is 1. The summed E-state index contributed by atoms with van der Waals surface area (Å²) in [7, 11) is 0. The summed E-state index contributed by atoms with van der Waals surface area (Å²) in [5.74, 6) is 1.22. The van der Waals surface area contributed by atoms with Crippen molar-refractivity contribution < 1.29 is 9.32 Å². The van der Waals surface area contributed by atoms with Gasteiger partial charge in [-0.1, -0.05) is 41.6 Å². The molecule has 0 radical (unpaired) electrons. The Morgan fingerprint density at radius 1 is 1.11 bits per heavy atom. The fourth-order valence-electron chi connectivity index (χ4n) is 3.58. The van der Waals surface area contributed by atoms with Gasteiger partial charge in [-0.3, -0.25) is 4.79 Å². The zero-order chi connectivity index (χ0) is 19.0. The van der Waals surface area contributed by atoms with Crippen LogP contribution in [-0.4, -0.2) is 27.5 Å². The van der Waals surface area contributed by atoms with Crippen LogP contribution in [0.4, 0.5) is 0 Å². The Hall–Kier alpha value is -2.95. The third kappa shape index (κ3) is 3.37. The second-order valence-corrected chi connectivity index (χ2v) is 7.29. The summed E-state index contributed by atoms with van der Waals surface area (Å²) < 4.78 is 5.48. The monoisotopic (exact) mass is 361 g/mol. The number of rotatable bonds is 4. The molecular formula is C22H23N3O2. The highest BCUT2D eigenvalue weighted by atomic mass is 16.5. The molecule has 2 atom stereocenters. The van der Waals surface area contributed by atoms with Crippen molar-refractivity contribution in [3.63, 3.8) is 0 Å². The number of aromatic nitrogens is 2. The summed E-state index contributed by atoms with van der Waals surface area (Å²) in [6.45, 7) is 6.81. The van der Waals surface area contributed by atoms with E-state index >= 15 is 0 Å². The molecule has 5 nitrogen and oxygen atoms in total. The van der Waals surface area contributed by atoms with Crippen molar-refractivity contribution in [1.29, 1.82) is 0 Å². The van der Waals surface area contributed by atoms with Crippen molar-refractivity contribution in [2.24, 2.45) is 0 Å². The van der Waals surface area contributed by atoms with Gasteiger partial charge in [0, 0.05) is 24.4 Å². The largest absolute Gasteiger partial charge is 0.335 e. The van der Waals surface area contributed by atoms with Gasteiger partial charge < -0.3 is 9.42 Å². The predicted molar refractivity (Wildman–Crippen MR) is 103 cm³/mol. The summed E-state index contributed by atoms with van der Waals surface area (Å²) in [5, 5.41) is 4.16. The van der Waals surface area contributed by atoms with Gasteiger partial charge in [-0.05, 0) is 49.6 Å². The predicted octanol–water partition coefficient (Wildman–Crippen LogP) is 4.43. The zero-order valence-corrected chi connectivity index (χ0v) is 15.8. The van der Waals surface area contributed by atoms with Gasteiger partial charge in [0.1, 0.15) is 0 Å². The molecular weight excluding hydrogens is 338 g/mol. The number of likely N-dealkylation sites (tertiary alicyclic amines) is 1. The van der Waals surface area contributed by atoms with E-state index in [4.69, 9.17) is 4.52 Å². The molecule has 0 saturated carbocycles. The molecule has 0 aliphatic carbocycles. The van der Waals surface area contributed by atoms with Crippen LogP contribution < -0.4 is 0 Å². The normalized spacial score (nSPS) is 18.1. The van der Waals surface area contributed by atoms with Crippen molar-refractivity contribution in [3.8, 4) is 11.5 Å².